The van der Waals surface area contributed by atoms with Gasteiger partial charge in [0.2, 0.25) is 5.91 Å². The number of hydrogen-bond donors (Lipinski definition) is 2. The number of benzene rings is 2. The summed E-state index contributed by atoms with van der Waals surface area (Å²) in [6.07, 6.45) is 2.33. The van der Waals surface area contributed by atoms with Crippen LogP contribution in [0.3, 0.4) is 0 Å². The summed E-state index contributed by atoms with van der Waals surface area (Å²) >= 11 is 6.18. The number of anilines is 1. The maximum absolute atomic E-state index is 12.1. The first-order valence-corrected chi connectivity index (χ1v) is 11.8. The minimum absolute atomic E-state index is 0.0133. The van der Waals surface area contributed by atoms with Crippen LogP contribution in [0, 0.1) is 0 Å². The van der Waals surface area contributed by atoms with E-state index in [1.54, 1.807) is 28.8 Å². The van der Waals surface area contributed by atoms with Crippen molar-refractivity contribution < 1.29 is 29.3 Å². The molecule has 0 radical (unpaired) electrons. The molecular weight excluding hydrogens is 486 g/mol. The molecule has 0 unspecified atom stereocenters. The van der Waals surface area contributed by atoms with Gasteiger partial charge in [0, 0.05) is 26.0 Å². The third-order valence-electron chi connectivity index (χ3n) is 5.73. The highest BCUT2D eigenvalue weighted by molar-refractivity contribution is 6.34. The van der Waals surface area contributed by atoms with E-state index in [9.17, 15) is 24.6 Å². The molecule has 0 saturated carbocycles. The molecule has 2 N–H and O–H groups in total. The summed E-state index contributed by atoms with van der Waals surface area (Å²) in [7, 11) is 1.54. The predicted molar refractivity (Wildman–Crippen MR) is 135 cm³/mol. The van der Waals surface area contributed by atoms with Crippen molar-refractivity contribution >= 4 is 35.3 Å². The van der Waals surface area contributed by atoms with E-state index in [0.29, 0.717) is 30.1 Å². The minimum Gasteiger partial charge on any atom is -0.489 e. The van der Waals surface area contributed by atoms with Gasteiger partial charge in [0.15, 0.2) is 11.5 Å². The van der Waals surface area contributed by atoms with Gasteiger partial charge in [-0.15, -0.1) is 0 Å². The van der Waals surface area contributed by atoms with Gasteiger partial charge >= 0.3 is 11.9 Å². The lowest BCUT2D eigenvalue weighted by Gasteiger charge is -2.20. The van der Waals surface area contributed by atoms with Crippen molar-refractivity contribution in [1.82, 2.24) is 9.55 Å². The third kappa shape index (κ3) is 6.04. The maximum Gasteiger partial charge on any atom is 0.358 e. The van der Waals surface area contributed by atoms with Gasteiger partial charge in [0.05, 0.1) is 17.1 Å². The van der Waals surface area contributed by atoms with Crippen molar-refractivity contribution in [3.8, 4) is 5.75 Å². The molecule has 1 aromatic heterocycles. The lowest BCUT2D eigenvalue weighted by molar-refractivity contribution is -0.116. The average molecular weight is 514 g/mol. The summed E-state index contributed by atoms with van der Waals surface area (Å²) in [5, 5.41) is 19.1. The summed E-state index contributed by atoms with van der Waals surface area (Å²) in [5.41, 5.74) is 1.27. The molecule has 3 aromatic rings. The number of imidazole rings is 1. The normalized spacial score (nSPS) is 10.8. The van der Waals surface area contributed by atoms with E-state index in [0.717, 1.165) is 18.4 Å². The second kappa shape index (κ2) is 11.7. The van der Waals surface area contributed by atoms with Gasteiger partial charge < -0.3 is 19.5 Å². The van der Waals surface area contributed by atoms with Gasteiger partial charge in [-0.3, -0.25) is 9.69 Å². The van der Waals surface area contributed by atoms with Crippen LogP contribution in [0.5, 0.6) is 5.75 Å². The van der Waals surface area contributed by atoms with Crippen molar-refractivity contribution in [2.75, 3.05) is 11.9 Å². The van der Waals surface area contributed by atoms with Crippen LogP contribution in [0.1, 0.15) is 64.5 Å². The molecule has 1 heterocycles. The molecule has 0 aliphatic rings. The molecular formula is C26H28ClN3O6. The molecule has 36 heavy (non-hydrogen) atoms. The van der Waals surface area contributed by atoms with Crippen molar-refractivity contribution in [3.63, 3.8) is 0 Å². The second-order valence-electron chi connectivity index (χ2n) is 8.29. The third-order valence-corrected chi connectivity index (χ3v) is 6.18. The first-order valence-electron chi connectivity index (χ1n) is 11.4. The highest BCUT2D eigenvalue weighted by atomic mass is 35.5. The van der Waals surface area contributed by atoms with E-state index >= 15 is 0 Å². The standard InChI is InChI=1S/C26H28ClN3O6/c1-4-5-9-21-28-23(26(34)35)24(29(3)16(2)31)30(21)14-17-10-12-19(13-11-17)36-15-18-7-6-8-20(22(18)27)25(32)33/h6-8,10-13H,4-5,9,14-15H2,1-3H3,(H,32,33)(H,34,35). The Morgan fingerprint density at radius 3 is 2.36 bits per heavy atom. The molecule has 0 aliphatic carbocycles. The zero-order valence-electron chi connectivity index (χ0n) is 20.3. The van der Waals surface area contributed by atoms with E-state index in [4.69, 9.17) is 16.3 Å². The van der Waals surface area contributed by atoms with E-state index in [-0.39, 0.29) is 34.6 Å². The van der Waals surface area contributed by atoms with E-state index in [1.807, 2.05) is 19.1 Å². The lowest BCUT2D eigenvalue weighted by Crippen LogP contribution is -2.28. The highest BCUT2D eigenvalue weighted by Gasteiger charge is 2.26. The van der Waals surface area contributed by atoms with Gasteiger partial charge in [-0.25, -0.2) is 14.6 Å². The second-order valence-corrected chi connectivity index (χ2v) is 8.67. The van der Waals surface area contributed by atoms with Gasteiger partial charge in [-0.1, -0.05) is 49.2 Å². The first kappa shape index (κ1) is 26.7. The van der Waals surface area contributed by atoms with Crippen LogP contribution in [0.25, 0.3) is 0 Å². The number of aromatic nitrogens is 2. The number of ether oxygens (including phenoxy) is 1. The zero-order valence-corrected chi connectivity index (χ0v) is 21.1. The van der Waals surface area contributed by atoms with E-state index in [2.05, 4.69) is 4.98 Å². The first-order chi connectivity index (χ1) is 17.1. The molecule has 0 aliphatic heterocycles. The van der Waals surface area contributed by atoms with Crippen molar-refractivity contribution in [2.24, 2.45) is 0 Å². The zero-order chi connectivity index (χ0) is 26.4. The number of nitrogens with zero attached hydrogens (tertiary/aromatic N) is 3. The molecule has 9 nitrogen and oxygen atoms in total. The Labute approximate surface area is 213 Å². The number of hydrogen-bond acceptors (Lipinski definition) is 5. The Hall–Kier alpha value is -3.85. The molecule has 0 atom stereocenters. The monoisotopic (exact) mass is 513 g/mol. The fourth-order valence-electron chi connectivity index (χ4n) is 3.71. The lowest BCUT2D eigenvalue weighted by atomic mass is 10.1. The largest absolute Gasteiger partial charge is 0.489 e. The summed E-state index contributed by atoms with van der Waals surface area (Å²) in [6.45, 7) is 3.83. The number of amides is 1. The number of carbonyl (C=O) groups is 3. The Balaban J connectivity index is 1.84. The number of carboxylic acids is 2. The Morgan fingerprint density at radius 2 is 1.78 bits per heavy atom. The predicted octanol–water partition coefficient (Wildman–Crippen LogP) is 4.89. The number of aromatic carboxylic acids is 2. The molecule has 190 valence electrons. The van der Waals surface area contributed by atoms with Crippen molar-refractivity contribution in [1.29, 1.82) is 0 Å². The van der Waals surface area contributed by atoms with Crippen LogP contribution in [-0.2, 0) is 24.4 Å². The number of rotatable bonds is 11. The fraction of sp³-hybridized carbons (Fsp3) is 0.308. The van der Waals surface area contributed by atoms with Gasteiger partial charge in [0.1, 0.15) is 18.2 Å². The van der Waals surface area contributed by atoms with Crippen LogP contribution >= 0.6 is 11.6 Å². The molecule has 10 heteroatoms. The summed E-state index contributed by atoms with van der Waals surface area (Å²) in [4.78, 5) is 40.9. The maximum atomic E-state index is 12.1. The number of unbranched alkanes of at least 4 members (excludes halogenated alkanes) is 1. The smallest absolute Gasteiger partial charge is 0.358 e. The Kier molecular flexibility index (Phi) is 8.71. The topological polar surface area (TPSA) is 122 Å². The molecule has 0 saturated heterocycles. The summed E-state index contributed by atoms with van der Waals surface area (Å²) in [6, 6.07) is 11.9. The minimum atomic E-state index is -1.19. The molecule has 0 spiro atoms. The van der Waals surface area contributed by atoms with Crippen LogP contribution in [0.4, 0.5) is 5.82 Å². The Bertz CT molecular complexity index is 1270. The molecule has 2 aromatic carbocycles. The van der Waals surface area contributed by atoms with E-state index in [1.165, 1.54) is 24.9 Å². The molecule has 0 fully saturated rings. The van der Waals surface area contributed by atoms with Crippen LogP contribution in [0.15, 0.2) is 42.5 Å². The average Bonchev–Trinajstić information content (AvgIpc) is 3.20. The van der Waals surface area contributed by atoms with Crippen LogP contribution in [-0.4, -0.2) is 44.7 Å². The molecule has 3 rings (SSSR count). The summed E-state index contributed by atoms with van der Waals surface area (Å²) in [5.74, 6) is -1.19. The van der Waals surface area contributed by atoms with Crippen molar-refractivity contribution in [2.45, 2.75) is 46.3 Å². The van der Waals surface area contributed by atoms with Gasteiger partial charge in [0.25, 0.3) is 0 Å². The molecule has 1 amide bonds. The van der Waals surface area contributed by atoms with Crippen LogP contribution < -0.4 is 9.64 Å². The van der Waals surface area contributed by atoms with Gasteiger partial charge in [-0.2, -0.15) is 0 Å². The molecule has 0 bridgehead atoms. The van der Waals surface area contributed by atoms with Crippen LogP contribution in [0.2, 0.25) is 5.02 Å². The number of aryl methyl sites for hydroxylation is 1. The van der Waals surface area contributed by atoms with E-state index < -0.39 is 11.9 Å². The highest BCUT2D eigenvalue weighted by Crippen LogP contribution is 2.27. The number of carbonyl (C=O) groups excluding carboxylic acids is 1. The number of carboxylic acid groups (broad SMARTS) is 2. The fourth-order valence-corrected chi connectivity index (χ4v) is 3.97. The number of halogens is 1. The van der Waals surface area contributed by atoms with Gasteiger partial charge in [-0.05, 0) is 30.2 Å². The SMILES string of the molecule is CCCCc1nc(C(=O)O)c(N(C)C(C)=O)n1Cc1ccc(OCc2cccc(C(=O)O)c2Cl)cc1. The quantitative estimate of drug-likeness (QED) is 0.374. The van der Waals surface area contributed by atoms with Crippen molar-refractivity contribution in [3.05, 3.63) is 75.7 Å². The summed E-state index contributed by atoms with van der Waals surface area (Å²) < 4.78 is 7.56. The Morgan fingerprint density at radius 1 is 1.08 bits per heavy atom.